The lowest BCUT2D eigenvalue weighted by molar-refractivity contribution is 1.12. The van der Waals surface area contributed by atoms with E-state index < -0.39 is 0 Å². The first-order chi connectivity index (χ1) is 5.79. The van der Waals surface area contributed by atoms with Crippen LogP contribution in [0.4, 0.5) is 0 Å². The molecule has 1 aromatic carbocycles. The highest BCUT2D eigenvalue weighted by atomic mass is 14.3. The highest BCUT2D eigenvalue weighted by Crippen LogP contribution is 2.40. The van der Waals surface area contributed by atoms with Crippen molar-refractivity contribution in [1.29, 1.82) is 5.26 Å². The third kappa shape index (κ3) is 1.33. The van der Waals surface area contributed by atoms with Gasteiger partial charge in [0, 0.05) is 0 Å². The summed E-state index contributed by atoms with van der Waals surface area (Å²) in [5.74, 6) is 0.747. The highest BCUT2D eigenvalue weighted by Gasteiger charge is 2.23. The van der Waals surface area contributed by atoms with E-state index in [0.29, 0.717) is 0 Å². The van der Waals surface area contributed by atoms with Crippen molar-refractivity contribution in [2.45, 2.75) is 25.7 Å². The van der Waals surface area contributed by atoms with Crippen LogP contribution in [0.3, 0.4) is 0 Å². The predicted octanol–water partition coefficient (Wildman–Crippen LogP) is 2.74. The molecule has 0 radical (unpaired) electrons. The molecule has 0 unspecified atom stereocenters. The van der Waals surface area contributed by atoms with Gasteiger partial charge in [-0.25, -0.2) is 0 Å². The zero-order valence-corrected chi connectivity index (χ0v) is 7.17. The van der Waals surface area contributed by atoms with Crippen LogP contribution >= 0.6 is 0 Å². The van der Waals surface area contributed by atoms with Gasteiger partial charge in [0.2, 0.25) is 0 Å². The number of nitriles is 1. The molecule has 0 amide bonds. The summed E-state index contributed by atoms with van der Waals surface area (Å²) >= 11 is 0. The van der Waals surface area contributed by atoms with Gasteiger partial charge in [0.1, 0.15) is 0 Å². The third-order valence-corrected chi connectivity index (χ3v) is 2.28. The molecule has 0 spiro atoms. The van der Waals surface area contributed by atoms with E-state index in [2.05, 4.69) is 12.1 Å². The van der Waals surface area contributed by atoms with Gasteiger partial charge >= 0.3 is 0 Å². The molecule has 12 heavy (non-hydrogen) atoms. The van der Waals surface area contributed by atoms with Gasteiger partial charge in [0.15, 0.2) is 0 Å². The fourth-order valence-electron chi connectivity index (χ4n) is 1.53. The van der Waals surface area contributed by atoms with E-state index in [1.807, 2.05) is 19.1 Å². The second-order valence-electron chi connectivity index (χ2n) is 3.52. The summed E-state index contributed by atoms with van der Waals surface area (Å²) < 4.78 is 0. The van der Waals surface area contributed by atoms with Crippen molar-refractivity contribution >= 4 is 0 Å². The Morgan fingerprint density at radius 2 is 2.08 bits per heavy atom. The number of rotatable bonds is 1. The van der Waals surface area contributed by atoms with Crippen LogP contribution in [0.15, 0.2) is 18.2 Å². The van der Waals surface area contributed by atoms with E-state index in [1.165, 1.54) is 24.0 Å². The minimum atomic E-state index is 0.747. The summed E-state index contributed by atoms with van der Waals surface area (Å²) in [6.07, 6.45) is 2.60. The van der Waals surface area contributed by atoms with Crippen LogP contribution in [0.25, 0.3) is 0 Å². The lowest BCUT2D eigenvalue weighted by atomic mass is 10.0. The van der Waals surface area contributed by atoms with Crippen LogP contribution in [-0.2, 0) is 0 Å². The Morgan fingerprint density at radius 3 is 2.67 bits per heavy atom. The first kappa shape index (κ1) is 7.36. The number of benzene rings is 1. The molecule has 0 aliphatic heterocycles. The van der Waals surface area contributed by atoms with Crippen molar-refractivity contribution in [2.75, 3.05) is 0 Å². The normalized spacial score (nSPS) is 15.7. The van der Waals surface area contributed by atoms with Gasteiger partial charge in [-0.1, -0.05) is 6.07 Å². The number of hydrogen-bond donors (Lipinski definition) is 0. The summed E-state index contributed by atoms with van der Waals surface area (Å²) in [5.41, 5.74) is 3.36. The van der Waals surface area contributed by atoms with Crippen molar-refractivity contribution in [2.24, 2.45) is 0 Å². The van der Waals surface area contributed by atoms with Gasteiger partial charge in [-0.3, -0.25) is 0 Å². The monoisotopic (exact) mass is 157 g/mol. The van der Waals surface area contributed by atoms with E-state index >= 15 is 0 Å². The van der Waals surface area contributed by atoms with Crippen LogP contribution in [0.5, 0.6) is 0 Å². The zero-order chi connectivity index (χ0) is 8.55. The molecule has 1 saturated carbocycles. The summed E-state index contributed by atoms with van der Waals surface area (Å²) in [6, 6.07) is 8.34. The van der Waals surface area contributed by atoms with E-state index in [4.69, 9.17) is 5.26 Å². The molecular formula is C11H11N. The molecule has 1 aromatic rings. The average molecular weight is 157 g/mol. The van der Waals surface area contributed by atoms with Crippen LogP contribution in [-0.4, -0.2) is 0 Å². The topological polar surface area (TPSA) is 23.8 Å². The van der Waals surface area contributed by atoms with Gasteiger partial charge in [-0.2, -0.15) is 5.26 Å². The average Bonchev–Trinajstić information content (AvgIpc) is 2.85. The summed E-state index contributed by atoms with van der Waals surface area (Å²) in [4.78, 5) is 0. The quantitative estimate of drug-likeness (QED) is 0.615. The molecule has 0 heterocycles. The van der Waals surface area contributed by atoms with Crippen molar-refractivity contribution in [3.63, 3.8) is 0 Å². The van der Waals surface area contributed by atoms with E-state index in [-0.39, 0.29) is 0 Å². The molecule has 1 fully saturated rings. The second-order valence-corrected chi connectivity index (χ2v) is 3.52. The standard InChI is InChI=1S/C11H11N/c1-8-4-9(7-12)6-11(5-8)10-2-3-10/h4-6,10H,2-3H2,1H3. The van der Waals surface area contributed by atoms with Crippen LogP contribution in [0.1, 0.15) is 35.4 Å². The Bertz CT molecular complexity index is 343. The Kier molecular flexibility index (Phi) is 1.62. The van der Waals surface area contributed by atoms with Crippen LogP contribution in [0.2, 0.25) is 0 Å². The summed E-state index contributed by atoms with van der Waals surface area (Å²) in [5, 5.41) is 8.74. The van der Waals surface area contributed by atoms with Gasteiger partial charge in [0.05, 0.1) is 11.6 Å². The molecule has 1 nitrogen and oxygen atoms in total. The summed E-state index contributed by atoms with van der Waals surface area (Å²) in [6.45, 7) is 2.05. The van der Waals surface area contributed by atoms with E-state index in [1.54, 1.807) is 0 Å². The third-order valence-electron chi connectivity index (χ3n) is 2.28. The number of nitrogens with zero attached hydrogens (tertiary/aromatic N) is 1. The molecule has 0 bridgehead atoms. The first-order valence-corrected chi connectivity index (χ1v) is 4.31. The van der Waals surface area contributed by atoms with Crippen molar-refractivity contribution in [1.82, 2.24) is 0 Å². The van der Waals surface area contributed by atoms with Gasteiger partial charge in [0.25, 0.3) is 0 Å². The smallest absolute Gasteiger partial charge is 0.0991 e. The van der Waals surface area contributed by atoms with Crippen molar-refractivity contribution in [3.05, 3.63) is 34.9 Å². The van der Waals surface area contributed by atoms with E-state index in [0.717, 1.165) is 11.5 Å². The van der Waals surface area contributed by atoms with E-state index in [9.17, 15) is 0 Å². The molecule has 60 valence electrons. The Balaban J connectivity index is 2.43. The van der Waals surface area contributed by atoms with Crippen LogP contribution < -0.4 is 0 Å². The molecule has 1 aliphatic rings. The lowest BCUT2D eigenvalue weighted by Gasteiger charge is -2.00. The molecule has 0 aromatic heterocycles. The maximum atomic E-state index is 8.74. The van der Waals surface area contributed by atoms with Gasteiger partial charge in [-0.15, -0.1) is 0 Å². The first-order valence-electron chi connectivity index (χ1n) is 4.31. The molecule has 0 atom stereocenters. The molecule has 0 N–H and O–H groups in total. The maximum Gasteiger partial charge on any atom is 0.0991 e. The molecule has 2 rings (SSSR count). The minimum Gasteiger partial charge on any atom is -0.192 e. The summed E-state index contributed by atoms with van der Waals surface area (Å²) in [7, 11) is 0. The van der Waals surface area contributed by atoms with Crippen molar-refractivity contribution < 1.29 is 0 Å². The maximum absolute atomic E-state index is 8.74. The van der Waals surface area contributed by atoms with Crippen LogP contribution in [0, 0.1) is 18.3 Å². The lowest BCUT2D eigenvalue weighted by Crippen LogP contribution is -1.84. The largest absolute Gasteiger partial charge is 0.192 e. The Hall–Kier alpha value is -1.29. The van der Waals surface area contributed by atoms with Gasteiger partial charge in [-0.05, 0) is 48.9 Å². The fourth-order valence-corrected chi connectivity index (χ4v) is 1.53. The number of hydrogen-bond acceptors (Lipinski definition) is 1. The fraction of sp³-hybridized carbons (Fsp3) is 0.364. The Labute approximate surface area is 72.6 Å². The number of aryl methyl sites for hydroxylation is 1. The SMILES string of the molecule is Cc1cc(C#N)cc(C2CC2)c1. The molecule has 1 heteroatoms. The molecule has 0 saturated heterocycles. The minimum absolute atomic E-state index is 0.747. The molecular weight excluding hydrogens is 146 g/mol. The van der Waals surface area contributed by atoms with Crippen molar-refractivity contribution in [3.8, 4) is 6.07 Å². The predicted molar refractivity (Wildman–Crippen MR) is 47.9 cm³/mol. The highest BCUT2D eigenvalue weighted by molar-refractivity contribution is 5.39. The zero-order valence-electron chi connectivity index (χ0n) is 7.17. The Morgan fingerprint density at radius 1 is 1.33 bits per heavy atom. The van der Waals surface area contributed by atoms with Gasteiger partial charge < -0.3 is 0 Å². The molecule has 1 aliphatic carbocycles. The second kappa shape index (κ2) is 2.64.